The normalized spacial score (nSPS) is 11.9. The molecule has 1 rings (SSSR count). The summed E-state index contributed by atoms with van der Waals surface area (Å²) in [6, 6.07) is 7.50. The molecule has 1 aromatic carbocycles. The Kier molecular flexibility index (Phi) is 6.27. The summed E-state index contributed by atoms with van der Waals surface area (Å²) in [5.74, 6) is -0.0832. The van der Waals surface area contributed by atoms with E-state index in [1.165, 1.54) is 5.56 Å². The van der Waals surface area contributed by atoms with Crippen molar-refractivity contribution in [3.05, 3.63) is 35.4 Å². The predicted molar refractivity (Wildman–Crippen MR) is 75.5 cm³/mol. The smallest absolute Gasteiger partial charge is 0.261 e. The number of ether oxygens (including phenoxy) is 1. The molecule has 0 aliphatic heterocycles. The van der Waals surface area contributed by atoms with Crippen molar-refractivity contribution in [2.75, 3.05) is 13.2 Å². The monoisotopic (exact) mass is 284 g/mol. The molecule has 0 heterocycles. The fraction of sp³-hybridized carbons (Fsp3) is 0.562. The van der Waals surface area contributed by atoms with Gasteiger partial charge in [0.25, 0.3) is 6.43 Å². The fourth-order valence-corrected chi connectivity index (χ4v) is 1.79. The maximum Gasteiger partial charge on any atom is 0.261 e. The summed E-state index contributed by atoms with van der Waals surface area (Å²) in [5, 5.41) is 0. The van der Waals surface area contributed by atoms with Crippen LogP contribution in [0.1, 0.15) is 49.5 Å². The van der Waals surface area contributed by atoms with Crippen LogP contribution in [0, 0.1) is 0 Å². The molecule has 0 spiro atoms. The van der Waals surface area contributed by atoms with Crippen LogP contribution in [-0.4, -0.2) is 25.4 Å². The Morgan fingerprint density at radius 2 is 1.85 bits per heavy atom. The summed E-state index contributed by atoms with van der Waals surface area (Å²) in [4.78, 5) is 11.9. The average molecular weight is 284 g/mol. The Labute approximate surface area is 119 Å². The molecule has 0 unspecified atom stereocenters. The number of alkyl halides is 2. The van der Waals surface area contributed by atoms with Crippen molar-refractivity contribution in [2.45, 2.75) is 45.5 Å². The first kappa shape index (κ1) is 16.8. The number of hydrogen-bond acceptors (Lipinski definition) is 2. The Morgan fingerprint density at radius 1 is 1.25 bits per heavy atom. The van der Waals surface area contributed by atoms with E-state index >= 15 is 0 Å². The molecule has 0 bridgehead atoms. The number of carbonyl (C=O) groups is 1. The third-order valence-corrected chi connectivity index (χ3v) is 3.59. The van der Waals surface area contributed by atoms with Crippen molar-refractivity contribution < 1.29 is 18.3 Å². The van der Waals surface area contributed by atoms with Crippen molar-refractivity contribution in [1.82, 2.24) is 0 Å². The van der Waals surface area contributed by atoms with Crippen LogP contribution in [0.4, 0.5) is 8.78 Å². The van der Waals surface area contributed by atoms with E-state index in [9.17, 15) is 13.6 Å². The standard InChI is InChI=1S/C16H22F2O2/c1-4-16(2,3)13-7-5-12(6-8-13)14(19)9-10-20-11-15(17)18/h5-8,15H,4,9-11H2,1-3H3. The van der Waals surface area contributed by atoms with Gasteiger partial charge in [-0.1, -0.05) is 45.0 Å². The number of benzene rings is 1. The van der Waals surface area contributed by atoms with E-state index in [1.54, 1.807) is 12.1 Å². The van der Waals surface area contributed by atoms with Crippen molar-refractivity contribution in [2.24, 2.45) is 0 Å². The van der Waals surface area contributed by atoms with Crippen molar-refractivity contribution in [1.29, 1.82) is 0 Å². The summed E-state index contributed by atoms with van der Waals surface area (Å²) in [5.41, 5.74) is 1.87. The topological polar surface area (TPSA) is 26.3 Å². The van der Waals surface area contributed by atoms with Gasteiger partial charge in [0.2, 0.25) is 0 Å². The Morgan fingerprint density at radius 3 is 2.35 bits per heavy atom. The molecule has 0 aliphatic rings. The Hall–Kier alpha value is -1.29. The second kappa shape index (κ2) is 7.48. The quantitative estimate of drug-likeness (QED) is 0.527. The molecule has 0 saturated carbocycles. The van der Waals surface area contributed by atoms with Crippen LogP contribution >= 0.6 is 0 Å². The minimum atomic E-state index is -2.49. The maximum absolute atomic E-state index is 11.9. The average Bonchev–Trinajstić information content (AvgIpc) is 2.43. The second-order valence-corrected chi connectivity index (χ2v) is 5.45. The highest BCUT2D eigenvalue weighted by molar-refractivity contribution is 5.96. The van der Waals surface area contributed by atoms with E-state index in [2.05, 4.69) is 20.8 Å². The van der Waals surface area contributed by atoms with Crippen LogP contribution in [0.15, 0.2) is 24.3 Å². The van der Waals surface area contributed by atoms with E-state index in [0.29, 0.717) is 5.56 Å². The number of carbonyl (C=O) groups excluding carboxylic acids is 1. The highest BCUT2D eigenvalue weighted by Crippen LogP contribution is 2.26. The third kappa shape index (κ3) is 5.00. The molecule has 0 N–H and O–H groups in total. The van der Waals surface area contributed by atoms with E-state index in [-0.39, 0.29) is 24.2 Å². The summed E-state index contributed by atoms with van der Waals surface area (Å²) in [7, 11) is 0. The van der Waals surface area contributed by atoms with Crippen LogP contribution < -0.4 is 0 Å². The fourth-order valence-electron chi connectivity index (χ4n) is 1.79. The molecular formula is C16H22F2O2. The molecule has 2 nitrogen and oxygen atoms in total. The lowest BCUT2D eigenvalue weighted by Crippen LogP contribution is -2.15. The van der Waals surface area contributed by atoms with Crippen LogP contribution in [0.5, 0.6) is 0 Å². The lowest BCUT2D eigenvalue weighted by atomic mass is 9.82. The van der Waals surface area contributed by atoms with Gasteiger partial charge in [0.1, 0.15) is 6.61 Å². The van der Waals surface area contributed by atoms with Gasteiger partial charge in [0.15, 0.2) is 5.78 Å². The highest BCUT2D eigenvalue weighted by atomic mass is 19.3. The predicted octanol–water partition coefficient (Wildman–Crippen LogP) is 4.23. The Balaban J connectivity index is 2.54. The molecule has 0 atom stereocenters. The van der Waals surface area contributed by atoms with Gasteiger partial charge in [-0.2, -0.15) is 0 Å². The molecule has 0 fully saturated rings. The largest absolute Gasteiger partial charge is 0.375 e. The summed E-state index contributed by atoms with van der Waals surface area (Å²) in [6.07, 6.45) is -1.34. The lowest BCUT2D eigenvalue weighted by molar-refractivity contribution is 0.0170. The van der Waals surface area contributed by atoms with E-state index in [0.717, 1.165) is 6.42 Å². The number of hydrogen-bond donors (Lipinski definition) is 0. The zero-order valence-electron chi connectivity index (χ0n) is 12.3. The van der Waals surface area contributed by atoms with Gasteiger partial charge >= 0.3 is 0 Å². The first-order chi connectivity index (χ1) is 9.36. The first-order valence-electron chi connectivity index (χ1n) is 6.86. The molecule has 1 aromatic rings. The maximum atomic E-state index is 11.9. The molecule has 0 amide bonds. The van der Waals surface area contributed by atoms with Crippen molar-refractivity contribution in [3.63, 3.8) is 0 Å². The van der Waals surface area contributed by atoms with Gasteiger partial charge in [0, 0.05) is 12.0 Å². The number of rotatable bonds is 8. The van der Waals surface area contributed by atoms with Gasteiger partial charge in [0.05, 0.1) is 6.61 Å². The summed E-state index contributed by atoms with van der Waals surface area (Å²) in [6.45, 7) is 5.85. The summed E-state index contributed by atoms with van der Waals surface area (Å²) < 4.78 is 28.4. The number of ketones is 1. The second-order valence-electron chi connectivity index (χ2n) is 5.45. The molecule has 0 saturated heterocycles. The van der Waals surface area contributed by atoms with Crippen LogP contribution in [0.3, 0.4) is 0 Å². The molecule has 0 radical (unpaired) electrons. The van der Waals surface area contributed by atoms with Gasteiger partial charge in [-0.05, 0) is 17.4 Å². The zero-order chi connectivity index (χ0) is 15.2. The van der Waals surface area contributed by atoms with Gasteiger partial charge in [-0.15, -0.1) is 0 Å². The van der Waals surface area contributed by atoms with Gasteiger partial charge in [-0.3, -0.25) is 4.79 Å². The Bertz CT molecular complexity index is 425. The third-order valence-electron chi connectivity index (χ3n) is 3.59. The minimum absolute atomic E-state index is 0.0331. The molecule has 0 aromatic heterocycles. The van der Waals surface area contributed by atoms with Crippen molar-refractivity contribution in [3.8, 4) is 0 Å². The minimum Gasteiger partial charge on any atom is -0.375 e. The molecular weight excluding hydrogens is 262 g/mol. The molecule has 112 valence electrons. The van der Waals surface area contributed by atoms with E-state index in [4.69, 9.17) is 4.74 Å². The van der Waals surface area contributed by atoms with Crippen molar-refractivity contribution >= 4 is 5.78 Å². The first-order valence-corrected chi connectivity index (χ1v) is 6.86. The van der Waals surface area contributed by atoms with Gasteiger partial charge in [-0.25, -0.2) is 8.78 Å². The SMILES string of the molecule is CCC(C)(C)c1ccc(C(=O)CCOCC(F)F)cc1. The van der Waals surface area contributed by atoms with E-state index in [1.807, 2.05) is 12.1 Å². The van der Waals surface area contributed by atoms with Crippen LogP contribution in [0.25, 0.3) is 0 Å². The lowest BCUT2D eigenvalue weighted by Gasteiger charge is -2.23. The number of Topliss-reactive ketones (excluding diaryl/α,β-unsaturated/α-hetero) is 1. The van der Waals surface area contributed by atoms with Crippen LogP contribution in [-0.2, 0) is 10.2 Å². The van der Waals surface area contributed by atoms with Crippen LogP contribution in [0.2, 0.25) is 0 Å². The summed E-state index contributed by atoms with van der Waals surface area (Å²) >= 11 is 0. The van der Waals surface area contributed by atoms with Gasteiger partial charge < -0.3 is 4.74 Å². The zero-order valence-corrected chi connectivity index (χ0v) is 12.3. The molecule has 0 aliphatic carbocycles. The van der Waals surface area contributed by atoms with E-state index < -0.39 is 13.0 Å². The molecule has 20 heavy (non-hydrogen) atoms. The molecule has 4 heteroatoms. The number of halogens is 2. The highest BCUT2D eigenvalue weighted by Gasteiger charge is 2.18.